The van der Waals surface area contributed by atoms with Crippen molar-refractivity contribution in [1.82, 2.24) is 15.3 Å². The zero-order chi connectivity index (χ0) is 27.4. The maximum Gasteiger partial charge on any atom is 0.335 e. The lowest BCUT2D eigenvalue weighted by Crippen LogP contribution is -2.46. The van der Waals surface area contributed by atoms with Gasteiger partial charge in [0, 0.05) is 34.7 Å². The SMILES string of the molecule is O=C(O)c1ccc(-c2nc(N3[C@@H]4CC[C@H]3C[C@H](OCc3c(-c5c(Cl)cccc5Cl)noc3C3CC3)C4)no2)cc1. The molecule has 3 atom stereocenters. The van der Waals surface area contributed by atoms with E-state index >= 15 is 0 Å². The van der Waals surface area contributed by atoms with Crippen molar-refractivity contribution in [3.63, 3.8) is 0 Å². The molecule has 7 rings (SSSR count). The van der Waals surface area contributed by atoms with Crippen molar-refractivity contribution in [3.05, 3.63) is 69.4 Å². The van der Waals surface area contributed by atoms with Gasteiger partial charge in [0.25, 0.3) is 11.8 Å². The Balaban J connectivity index is 1.06. The van der Waals surface area contributed by atoms with Crippen LogP contribution < -0.4 is 4.90 Å². The van der Waals surface area contributed by atoms with Gasteiger partial charge in [-0.05, 0) is 80.1 Å². The van der Waals surface area contributed by atoms with Crippen molar-refractivity contribution < 1.29 is 23.7 Å². The second kappa shape index (κ2) is 10.2. The highest BCUT2D eigenvalue weighted by Crippen LogP contribution is 2.47. The molecular formula is C29H26Cl2N4O5. The number of nitrogens with zero attached hydrogens (tertiary/aromatic N) is 4. The summed E-state index contributed by atoms with van der Waals surface area (Å²) >= 11 is 13.0. The number of hydrogen-bond acceptors (Lipinski definition) is 8. The Morgan fingerprint density at radius 2 is 1.68 bits per heavy atom. The number of benzene rings is 2. The molecule has 11 heteroatoms. The summed E-state index contributed by atoms with van der Waals surface area (Å²) < 4.78 is 17.9. The first-order valence-electron chi connectivity index (χ1n) is 13.5. The first-order chi connectivity index (χ1) is 19.5. The molecule has 206 valence electrons. The van der Waals surface area contributed by atoms with Crippen molar-refractivity contribution >= 4 is 35.1 Å². The van der Waals surface area contributed by atoms with E-state index in [9.17, 15) is 4.79 Å². The summed E-state index contributed by atoms with van der Waals surface area (Å²) in [4.78, 5) is 18.0. The number of carboxylic acids is 1. The average molecular weight is 581 g/mol. The molecule has 1 N–H and O–H groups in total. The molecule has 2 bridgehead atoms. The van der Waals surface area contributed by atoms with E-state index in [4.69, 9.17) is 42.1 Å². The van der Waals surface area contributed by atoms with E-state index in [1.165, 1.54) is 12.1 Å². The summed E-state index contributed by atoms with van der Waals surface area (Å²) in [5.74, 6) is 1.20. The van der Waals surface area contributed by atoms with Crippen LogP contribution in [0.1, 0.15) is 66.1 Å². The third-order valence-corrected chi connectivity index (χ3v) is 8.77. The van der Waals surface area contributed by atoms with E-state index in [1.54, 1.807) is 24.3 Å². The van der Waals surface area contributed by atoms with Gasteiger partial charge < -0.3 is 23.8 Å². The molecule has 9 nitrogen and oxygen atoms in total. The predicted molar refractivity (Wildman–Crippen MR) is 148 cm³/mol. The Labute approximate surface area is 240 Å². The van der Waals surface area contributed by atoms with E-state index in [0.717, 1.165) is 49.8 Å². The van der Waals surface area contributed by atoms with E-state index in [0.29, 0.717) is 51.2 Å². The number of carbonyl (C=O) groups is 1. The smallest absolute Gasteiger partial charge is 0.335 e. The number of hydrogen-bond donors (Lipinski definition) is 1. The van der Waals surface area contributed by atoms with Gasteiger partial charge in [0.1, 0.15) is 11.5 Å². The normalized spacial score (nSPS) is 22.1. The first kappa shape index (κ1) is 25.6. The van der Waals surface area contributed by atoms with Gasteiger partial charge in [0.15, 0.2) is 0 Å². The number of rotatable bonds is 8. The molecule has 2 aliphatic heterocycles. The van der Waals surface area contributed by atoms with E-state index in [1.807, 2.05) is 6.07 Å². The van der Waals surface area contributed by atoms with Crippen molar-refractivity contribution in [2.45, 2.75) is 69.2 Å². The highest BCUT2D eigenvalue weighted by atomic mass is 35.5. The lowest BCUT2D eigenvalue weighted by molar-refractivity contribution is 0.0144. The third kappa shape index (κ3) is 4.66. The Bertz CT molecular complexity index is 1530. The minimum Gasteiger partial charge on any atom is -0.478 e. The highest BCUT2D eigenvalue weighted by molar-refractivity contribution is 6.39. The molecule has 4 aromatic rings. The van der Waals surface area contributed by atoms with Gasteiger partial charge in [0.05, 0.1) is 28.3 Å². The van der Waals surface area contributed by atoms with Crippen LogP contribution in [-0.4, -0.2) is 44.6 Å². The standard InChI is InChI=1S/C29H26Cl2N4O5/c30-22-2-1-3-23(31)24(22)25-21(26(39-33-25)15-4-5-15)14-38-20-12-18-10-11-19(13-20)35(18)29-32-27(40-34-29)16-6-8-17(9-7-16)28(36)37/h1-3,6-9,15,18-20H,4-5,10-14H2,(H,36,37)/t18-,19+,20-. The molecule has 1 aliphatic carbocycles. The van der Waals surface area contributed by atoms with E-state index in [2.05, 4.69) is 20.2 Å². The number of carboxylic acid groups (broad SMARTS) is 1. The monoisotopic (exact) mass is 580 g/mol. The highest BCUT2D eigenvalue weighted by Gasteiger charge is 2.43. The number of aromatic carboxylic acids is 1. The van der Waals surface area contributed by atoms with Gasteiger partial charge in [0.2, 0.25) is 0 Å². The van der Waals surface area contributed by atoms with Gasteiger partial charge in [-0.25, -0.2) is 4.79 Å². The van der Waals surface area contributed by atoms with Crippen LogP contribution in [0.5, 0.6) is 0 Å². The second-order valence-corrected chi connectivity index (χ2v) is 11.5. The van der Waals surface area contributed by atoms with Crippen molar-refractivity contribution in [2.75, 3.05) is 4.90 Å². The summed E-state index contributed by atoms with van der Waals surface area (Å²) in [6, 6.07) is 12.3. The quantitative estimate of drug-likeness (QED) is 0.235. The van der Waals surface area contributed by atoms with E-state index < -0.39 is 5.97 Å². The topological polar surface area (TPSA) is 115 Å². The van der Waals surface area contributed by atoms with Crippen LogP contribution in [0.25, 0.3) is 22.7 Å². The minimum absolute atomic E-state index is 0.0696. The molecule has 0 unspecified atom stereocenters. The maximum absolute atomic E-state index is 11.1. The van der Waals surface area contributed by atoms with Crippen molar-refractivity contribution in [2.24, 2.45) is 0 Å². The van der Waals surface area contributed by atoms with Crippen LogP contribution in [0.3, 0.4) is 0 Å². The number of halogens is 2. The van der Waals surface area contributed by atoms with Gasteiger partial charge >= 0.3 is 5.97 Å². The third-order valence-electron chi connectivity index (χ3n) is 8.14. The molecule has 40 heavy (non-hydrogen) atoms. The average Bonchev–Trinajstić information content (AvgIpc) is 3.42. The molecule has 3 aliphatic rings. The number of fused-ring (bicyclic) bond motifs is 2. The summed E-state index contributed by atoms with van der Waals surface area (Å²) in [5, 5.41) is 18.9. The van der Waals surface area contributed by atoms with Crippen LogP contribution in [0.2, 0.25) is 10.0 Å². The number of anilines is 1. The van der Waals surface area contributed by atoms with Gasteiger partial charge in [-0.15, -0.1) is 0 Å². The Morgan fingerprint density at radius 3 is 2.33 bits per heavy atom. The zero-order valence-electron chi connectivity index (χ0n) is 21.4. The molecule has 4 heterocycles. The number of aromatic nitrogens is 3. The molecule has 3 fully saturated rings. The Hall–Kier alpha value is -3.40. The molecular weight excluding hydrogens is 555 g/mol. The number of ether oxygens (including phenoxy) is 1. The van der Waals surface area contributed by atoms with Crippen LogP contribution in [-0.2, 0) is 11.3 Å². The fourth-order valence-corrected chi connectivity index (χ4v) is 6.61. The van der Waals surface area contributed by atoms with Crippen molar-refractivity contribution in [1.29, 1.82) is 0 Å². The van der Waals surface area contributed by atoms with Crippen LogP contribution >= 0.6 is 23.2 Å². The summed E-state index contributed by atoms with van der Waals surface area (Å²) in [6.07, 6.45) is 5.99. The largest absolute Gasteiger partial charge is 0.478 e. The molecule has 2 aromatic heterocycles. The van der Waals surface area contributed by atoms with Crippen molar-refractivity contribution in [3.8, 4) is 22.7 Å². The molecule has 0 radical (unpaired) electrons. The lowest BCUT2D eigenvalue weighted by atomic mass is 9.99. The molecule has 2 saturated heterocycles. The molecule has 2 aromatic carbocycles. The maximum atomic E-state index is 11.1. The second-order valence-electron chi connectivity index (χ2n) is 10.7. The fraction of sp³-hybridized carbons (Fsp3) is 0.379. The minimum atomic E-state index is -0.976. The molecule has 0 spiro atoms. The van der Waals surface area contributed by atoms with Crippen LogP contribution in [0, 0.1) is 0 Å². The van der Waals surface area contributed by atoms with Gasteiger partial charge in [-0.1, -0.05) is 34.4 Å². The first-order valence-corrected chi connectivity index (χ1v) is 14.2. The summed E-state index contributed by atoms with van der Waals surface area (Å²) in [5.41, 5.74) is 3.17. The van der Waals surface area contributed by atoms with E-state index in [-0.39, 0.29) is 23.8 Å². The van der Waals surface area contributed by atoms with Gasteiger partial charge in [-0.2, -0.15) is 4.98 Å². The lowest BCUT2D eigenvalue weighted by Gasteiger charge is -2.37. The molecule has 0 amide bonds. The van der Waals surface area contributed by atoms with Crippen LogP contribution in [0.15, 0.2) is 51.5 Å². The summed E-state index contributed by atoms with van der Waals surface area (Å²) in [6.45, 7) is 0.384. The molecule has 1 saturated carbocycles. The Kier molecular flexibility index (Phi) is 6.53. The predicted octanol–water partition coefficient (Wildman–Crippen LogP) is 6.99. The zero-order valence-corrected chi connectivity index (χ0v) is 22.9. The van der Waals surface area contributed by atoms with Crippen LogP contribution in [0.4, 0.5) is 5.95 Å². The summed E-state index contributed by atoms with van der Waals surface area (Å²) in [7, 11) is 0. The number of piperidine rings is 1. The van der Waals surface area contributed by atoms with Gasteiger partial charge in [-0.3, -0.25) is 0 Å². The Morgan fingerprint density at radius 1 is 0.975 bits per heavy atom. The fourth-order valence-electron chi connectivity index (χ4n) is 6.03.